The van der Waals surface area contributed by atoms with Crippen molar-refractivity contribution in [2.24, 2.45) is 0 Å². The van der Waals surface area contributed by atoms with Crippen molar-refractivity contribution in [1.29, 1.82) is 0 Å². The van der Waals surface area contributed by atoms with Gasteiger partial charge in [-0.1, -0.05) is 18.0 Å². The summed E-state index contributed by atoms with van der Waals surface area (Å²) in [5.41, 5.74) is 0.300. The molecule has 1 aliphatic carbocycles. The highest BCUT2D eigenvalue weighted by Gasteiger charge is 2.26. The van der Waals surface area contributed by atoms with Gasteiger partial charge in [0.15, 0.2) is 11.5 Å². The number of hydrogen-bond acceptors (Lipinski definition) is 5. The van der Waals surface area contributed by atoms with Crippen LogP contribution in [0, 0.1) is 6.92 Å². The van der Waals surface area contributed by atoms with E-state index in [1.165, 1.54) is 0 Å². The van der Waals surface area contributed by atoms with Crippen molar-refractivity contribution in [3.05, 3.63) is 50.5 Å². The maximum atomic E-state index is 12.6. The van der Waals surface area contributed by atoms with Gasteiger partial charge in [-0.25, -0.2) is 4.79 Å². The van der Waals surface area contributed by atoms with Gasteiger partial charge in [-0.15, -0.1) is 0 Å². The molecule has 1 fully saturated rings. The minimum Gasteiger partial charge on any atom is -0.486 e. The fourth-order valence-electron chi connectivity index (χ4n) is 3.14. The summed E-state index contributed by atoms with van der Waals surface area (Å²) in [5, 5.41) is 2.97. The first-order valence-electron chi connectivity index (χ1n) is 8.58. The lowest BCUT2D eigenvalue weighted by molar-refractivity contribution is 0.102. The molecule has 1 aliphatic heterocycles. The van der Waals surface area contributed by atoms with Crippen molar-refractivity contribution in [2.75, 3.05) is 18.5 Å². The fraction of sp³-hybridized carbons (Fsp3) is 0.368. The molecule has 7 heteroatoms. The molecule has 136 valence electrons. The Labute approximate surface area is 155 Å². The highest BCUT2D eigenvalue weighted by molar-refractivity contribution is 6.34. The summed E-state index contributed by atoms with van der Waals surface area (Å²) in [4.78, 5) is 25.0. The summed E-state index contributed by atoms with van der Waals surface area (Å²) >= 11 is 6.21. The van der Waals surface area contributed by atoms with Crippen LogP contribution in [0.25, 0.3) is 0 Å². The summed E-state index contributed by atoms with van der Waals surface area (Å²) in [5.74, 6) is 1.41. The number of halogens is 1. The molecule has 1 N–H and O–H groups in total. The van der Waals surface area contributed by atoms with Gasteiger partial charge >= 0.3 is 5.63 Å². The summed E-state index contributed by atoms with van der Waals surface area (Å²) in [6.45, 7) is 2.61. The monoisotopic (exact) mass is 375 g/mol. The van der Waals surface area contributed by atoms with E-state index in [0.29, 0.717) is 46.7 Å². The first-order chi connectivity index (χ1) is 12.5. The number of carbonyl (C=O) groups excluding carboxylic acids is 1. The van der Waals surface area contributed by atoms with E-state index in [0.717, 1.165) is 19.3 Å². The maximum Gasteiger partial charge on any atom is 0.349 e. The quantitative estimate of drug-likeness (QED) is 0.880. The molecule has 0 radical (unpaired) electrons. The van der Waals surface area contributed by atoms with Gasteiger partial charge in [-0.2, -0.15) is 0 Å². The van der Waals surface area contributed by atoms with E-state index in [1.807, 2.05) is 0 Å². The van der Waals surface area contributed by atoms with Crippen LogP contribution in [-0.4, -0.2) is 19.1 Å². The minimum absolute atomic E-state index is 0.0148. The van der Waals surface area contributed by atoms with E-state index in [2.05, 4.69) is 5.32 Å². The zero-order chi connectivity index (χ0) is 18.3. The fourth-order valence-corrected chi connectivity index (χ4v) is 3.35. The van der Waals surface area contributed by atoms with Gasteiger partial charge in [0.2, 0.25) is 0 Å². The molecule has 0 spiro atoms. The Morgan fingerprint density at radius 3 is 2.46 bits per heavy atom. The molecule has 1 aromatic heterocycles. The average Bonchev–Trinajstić information content (AvgIpc) is 2.53. The average molecular weight is 376 g/mol. The highest BCUT2D eigenvalue weighted by Crippen LogP contribution is 2.38. The predicted molar refractivity (Wildman–Crippen MR) is 96.7 cm³/mol. The van der Waals surface area contributed by atoms with Gasteiger partial charge < -0.3 is 19.2 Å². The molecule has 4 rings (SSSR count). The number of carbonyl (C=O) groups is 1. The molecule has 2 aliphatic rings. The maximum absolute atomic E-state index is 12.6. The van der Waals surface area contributed by atoms with Crippen LogP contribution in [-0.2, 0) is 0 Å². The number of nitrogens with one attached hydrogen (secondary N) is 1. The van der Waals surface area contributed by atoms with Gasteiger partial charge in [0.1, 0.15) is 24.5 Å². The Hall–Kier alpha value is -2.47. The highest BCUT2D eigenvalue weighted by atomic mass is 35.5. The van der Waals surface area contributed by atoms with E-state index in [1.54, 1.807) is 25.1 Å². The normalized spacial score (nSPS) is 16.1. The van der Waals surface area contributed by atoms with Crippen LogP contribution in [0.2, 0.25) is 5.02 Å². The van der Waals surface area contributed by atoms with Crippen molar-refractivity contribution in [1.82, 2.24) is 0 Å². The Morgan fingerprint density at radius 2 is 1.85 bits per heavy atom. The number of aryl methyl sites for hydroxylation is 1. The van der Waals surface area contributed by atoms with Crippen molar-refractivity contribution in [3.8, 4) is 11.5 Å². The third-order valence-electron chi connectivity index (χ3n) is 4.78. The summed E-state index contributed by atoms with van der Waals surface area (Å²) in [7, 11) is 0. The second-order valence-electron chi connectivity index (χ2n) is 6.55. The van der Waals surface area contributed by atoms with Crippen LogP contribution in [0.3, 0.4) is 0 Å². The molecule has 26 heavy (non-hydrogen) atoms. The SMILES string of the molecule is Cc1cc(C2CCC2)oc(=O)c1C(=O)Nc1cc2c(cc1Cl)OCCO2. The second kappa shape index (κ2) is 6.68. The van der Waals surface area contributed by atoms with Crippen molar-refractivity contribution >= 4 is 23.2 Å². The van der Waals surface area contributed by atoms with Crippen molar-refractivity contribution < 1.29 is 18.7 Å². The number of rotatable bonds is 3. The molecule has 2 heterocycles. The lowest BCUT2D eigenvalue weighted by Crippen LogP contribution is -2.24. The first-order valence-corrected chi connectivity index (χ1v) is 8.96. The molecule has 0 bridgehead atoms. The second-order valence-corrected chi connectivity index (χ2v) is 6.96. The largest absolute Gasteiger partial charge is 0.486 e. The minimum atomic E-state index is -0.627. The number of hydrogen-bond donors (Lipinski definition) is 1. The zero-order valence-corrected chi connectivity index (χ0v) is 15.0. The molecule has 6 nitrogen and oxygen atoms in total. The Bertz CT molecular complexity index is 932. The number of benzene rings is 1. The van der Waals surface area contributed by atoms with E-state index in [4.69, 9.17) is 25.5 Å². The van der Waals surface area contributed by atoms with E-state index in [-0.39, 0.29) is 11.5 Å². The third-order valence-corrected chi connectivity index (χ3v) is 5.10. The Balaban J connectivity index is 1.61. The lowest BCUT2D eigenvalue weighted by Gasteiger charge is -2.24. The van der Waals surface area contributed by atoms with Gasteiger partial charge in [-0.05, 0) is 31.4 Å². The van der Waals surface area contributed by atoms with Crippen LogP contribution >= 0.6 is 11.6 Å². The van der Waals surface area contributed by atoms with Gasteiger partial charge in [-0.3, -0.25) is 4.79 Å². The first kappa shape index (κ1) is 17.0. The summed E-state index contributed by atoms with van der Waals surface area (Å²) < 4.78 is 16.3. The molecule has 1 saturated carbocycles. The lowest BCUT2D eigenvalue weighted by atomic mass is 9.83. The smallest absolute Gasteiger partial charge is 0.349 e. The van der Waals surface area contributed by atoms with Crippen LogP contribution < -0.4 is 20.4 Å². The van der Waals surface area contributed by atoms with E-state index < -0.39 is 11.5 Å². The molecule has 0 atom stereocenters. The molecule has 2 aromatic rings. The van der Waals surface area contributed by atoms with Crippen LogP contribution in [0.15, 0.2) is 27.4 Å². The van der Waals surface area contributed by atoms with Crippen LogP contribution in [0.4, 0.5) is 5.69 Å². The molecular formula is C19H18ClNO5. The predicted octanol–water partition coefficient (Wildman–Crippen LogP) is 3.89. The van der Waals surface area contributed by atoms with Crippen molar-refractivity contribution in [2.45, 2.75) is 32.1 Å². The topological polar surface area (TPSA) is 77.8 Å². The van der Waals surface area contributed by atoms with Crippen molar-refractivity contribution in [3.63, 3.8) is 0 Å². The molecule has 1 aromatic carbocycles. The molecule has 0 unspecified atom stereocenters. The molecule has 1 amide bonds. The molecular weight excluding hydrogens is 358 g/mol. The van der Waals surface area contributed by atoms with Gasteiger partial charge in [0.25, 0.3) is 5.91 Å². The standard InChI is InChI=1S/C19H18ClNO5/c1-10-7-14(11-3-2-4-11)26-19(23)17(10)18(22)21-13-9-16-15(8-12(13)20)24-5-6-25-16/h7-9,11H,2-6H2,1H3,(H,21,22). The summed E-state index contributed by atoms with van der Waals surface area (Å²) in [6.07, 6.45) is 3.17. The number of ether oxygens (including phenoxy) is 2. The van der Waals surface area contributed by atoms with E-state index in [9.17, 15) is 9.59 Å². The van der Waals surface area contributed by atoms with Crippen LogP contribution in [0.5, 0.6) is 11.5 Å². The molecule has 0 saturated heterocycles. The number of fused-ring (bicyclic) bond motifs is 1. The number of amides is 1. The van der Waals surface area contributed by atoms with Crippen LogP contribution in [0.1, 0.15) is 46.9 Å². The van der Waals surface area contributed by atoms with Gasteiger partial charge in [0.05, 0.1) is 10.7 Å². The Morgan fingerprint density at radius 1 is 1.15 bits per heavy atom. The number of anilines is 1. The zero-order valence-electron chi connectivity index (χ0n) is 14.3. The Kier molecular flexibility index (Phi) is 4.36. The van der Waals surface area contributed by atoms with E-state index >= 15 is 0 Å². The third kappa shape index (κ3) is 3.05. The van der Waals surface area contributed by atoms with Gasteiger partial charge in [0, 0.05) is 18.1 Å². The summed E-state index contributed by atoms with van der Waals surface area (Å²) in [6, 6.07) is 4.96.